The minimum absolute atomic E-state index is 0.253. The molecule has 0 radical (unpaired) electrons. The topological polar surface area (TPSA) is 65.1 Å². The number of hydrogen-bond donors (Lipinski definition) is 0. The van der Waals surface area contributed by atoms with Crippen LogP contribution in [0.1, 0.15) is 5.56 Å². The summed E-state index contributed by atoms with van der Waals surface area (Å²) in [5.41, 5.74) is 1.25. The van der Waals surface area contributed by atoms with E-state index >= 15 is 0 Å². The average Bonchev–Trinajstić information content (AvgIpc) is 2.95. The molecule has 25 heavy (non-hydrogen) atoms. The smallest absolute Gasteiger partial charge is 0.266 e. The van der Waals surface area contributed by atoms with Crippen LogP contribution in [0.5, 0.6) is 17.2 Å². The van der Waals surface area contributed by atoms with Gasteiger partial charge in [0.15, 0.2) is 11.5 Å². The van der Waals surface area contributed by atoms with Gasteiger partial charge in [-0.05, 0) is 5.56 Å². The van der Waals surface area contributed by atoms with Gasteiger partial charge in [0.25, 0.3) is 11.8 Å². The molecular formula is C19H17NO5. The van der Waals surface area contributed by atoms with Crippen molar-refractivity contribution >= 4 is 23.1 Å². The Kier molecular flexibility index (Phi) is 4.43. The van der Waals surface area contributed by atoms with Gasteiger partial charge >= 0.3 is 0 Å². The van der Waals surface area contributed by atoms with Gasteiger partial charge in [-0.15, -0.1) is 0 Å². The molecule has 0 bridgehead atoms. The first kappa shape index (κ1) is 16.6. The van der Waals surface area contributed by atoms with E-state index < -0.39 is 11.8 Å². The molecule has 6 heteroatoms. The molecular weight excluding hydrogens is 322 g/mol. The zero-order valence-corrected chi connectivity index (χ0v) is 14.1. The molecule has 0 spiro atoms. The van der Waals surface area contributed by atoms with Crippen molar-refractivity contribution in [3.8, 4) is 17.2 Å². The molecule has 1 aliphatic heterocycles. The summed E-state index contributed by atoms with van der Waals surface area (Å²) in [6.45, 7) is 0. The van der Waals surface area contributed by atoms with Crippen molar-refractivity contribution in [2.45, 2.75) is 0 Å². The largest absolute Gasteiger partial charge is 0.496 e. The zero-order chi connectivity index (χ0) is 18.0. The van der Waals surface area contributed by atoms with E-state index in [4.69, 9.17) is 14.2 Å². The standard InChI is InChI=1S/C19H17NO5/c1-23-13-9-15(24-2)18(16(10-13)25-3)20-17(21)11-14(19(20)22)12-7-5-4-6-8-12/h4-11H,1-3H3. The molecule has 2 aromatic rings. The Labute approximate surface area is 145 Å². The average molecular weight is 339 g/mol. The fraction of sp³-hybridized carbons (Fsp3) is 0.158. The van der Waals surface area contributed by atoms with E-state index in [2.05, 4.69) is 0 Å². The summed E-state index contributed by atoms with van der Waals surface area (Å²) in [5, 5.41) is 0. The molecule has 128 valence electrons. The molecule has 0 aliphatic carbocycles. The van der Waals surface area contributed by atoms with Crippen LogP contribution in [-0.2, 0) is 9.59 Å². The van der Waals surface area contributed by atoms with Crippen LogP contribution in [0.25, 0.3) is 5.57 Å². The number of rotatable bonds is 5. The van der Waals surface area contributed by atoms with Crippen LogP contribution in [0.15, 0.2) is 48.5 Å². The number of carbonyl (C=O) groups is 2. The Morgan fingerprint density at radius 3 is 1.96 bits per heavy atom. The summed E-state index contributed by atoms with van der Waals surface area (Å²) in [5.74, 6) is 0.220. The van der Waals surface area contributed by atoms with Crippen molar-refractivity contribution in [1.82, 2.24) is 0 Å². The van der Waals surface area contributed by atoms with Crippen LogP contribution in [0.4, 0.5) is 5.69 Å². The van der Waals surface area contributed by atoms with Gasteiger partial charge in [0.1, 0.15) is 11.4 Å². The second-order valence-electron chi connectivity index (χ2n) is 5.28. The lowest BCUT2D eigenvalue weighted by molar-refractivity contribution is -0.119. The SMILES string of the molecule is COc1cc(OC)c(N2C(=O)C=C(c3ccccc3)C2=O)c(OC)c1. The van der Waals surface area contributed by atoms with Gasteiger partial charge in [0.2, 0.25) is 0 Å². The second kappa shape index (κ2) is 6.68. The van der Waals surface area contributed by atoms with Crippen LogP contribution in [0.3, 0.4) is 0 Å². The first-order valence-corrected chi connectivity index (χ1v) is 7.56. The van der Waals surface area contributed by atoms with E-state index in [9.17, 15) is 9.59 Å². The number of nitrogens with zero attached hydrogens (tertiary/aromatic N) is 1. The van der Waals surface area contributed by atoms with Gasteiger partial charge in [-0.1, -0.05) is 30.3 Å². The molecule has 0 unspecified atom stereocenters. The van der Waals surface area contributed by atoms with E-state index in [1.54, 1.807) is 24.3 Å². The van der Waals surface area contributed by atoms with Crippen molar-refractivity contribution in [3.63, 3.8) is 0 Å². The van der Waals surface area contributed by atoms with Gasteiger partial charge in [0, 0.05) is 18.2 Å². The number of ether oxygens (including phenoxy) is 3. The molecule has 0 saturated heterocycles. The van der Waals surface area contributed by atoms with Crippen molar-refractivity contribution in [1.29, 1.82) is 0 Å². The van der Waals surface area contributed by atoms with Crippen LogP contribution < -0.4 is 19.1 Å². The fourth-order valence-electron chi connectivity index (χ4n) is 2.71. The highest BCUT2D eigenvalue weighted by Crippen LogP contribution is 2.44. The molecule has 0 atom stereocenters. The lowest BCUT2D eigenvalue weighted by Gasteiger charge is -2.21. The monoisotopic (exact) mass is 339 g/mol. The predicted molar refractivity (Wildman–Crippen MR) is 93.0 cm³/mol. The molecule has 0 N–H and O–H groups in total. The predicted octanol–water partition coefficient (Wildman–Crippen LogP) is 2.67. The van der Waals surface area contributed by atoms with Crippen LogP contribution >= 0.6 is 0 Å². The van der Waals surface area contributed by atoms with Crippen molar-refractivity contribution in [2.24, 2.45) is 0 Å². The van der Waals surface area contributed by atoms with Crippen molar-refractivity contribution < 1.29 is 23.8 Å². The summed E-state index contributed by atoms with van der Waals surface area (Å²) < 4.78 is 15.9. The summed E-state index contributed by atoms with van der Waals surface area (Å²) in [6.07, 6.45) is 1.32. The summed E-state index contributed by atoms with van der Waals surface area (Å²) in [4.78, 5) is 26.5. The number of benzene rings is 2. The molecule has 0 fully saturated rings. The minimum Gasteiger partial charge on any atom is -0.496 e. The Balaban J connectivity index is 2.09. The number of methoxy groups -OCH3 is 3. The Morgan fingerprint density at radius 1 is 0.840 bits per heavy atom. The van der Waals surface area contributed by atoms with Crippen LogP contribution in [-0.4, -0.2) is 33.1 Å². The maximum absolute atomic E-state index is 12.9. The van der Waals surface area contributed by atoms with E-state index in [1.807, 2.05) is 18.2 Å². The molecule has 0 aromatic heterocycles. The van der Waals surface area contributed by atoms with Gasteiger partial charge in [0.05, 0.1) is 26.9 Å². The molecule has 6 nitrogen and oxygen atoms in total. The third kappa shape index (κ3) is 2.82. The third-order valence-corrected chi connectivity index (χ3v) is 3.92. The Bertz CT molecular complexity index is 832. The highest BCUT2D eigenvalue weighted by molar-refractivity contribution is 6.44. The fourth-order valence-corrected chi connectivity index (χ4v) is 2.71. The quantitative estimate of drug-likeness (QED) is 0.784. The van der Waals surface area contributed by atoms with Gasteiger partial charge in [-0.25, -0.2) is 4.90 Å². The summed E-state index contributed by atoms with van der Waals surface area (Å²) in [7, 11) is 4.41. The van der Waals surface area contributed by atoms with Gasteiger partial charge < -0.3 is 14.2 Å². The molecule has 1 aliphatic rings. The molecule has 0 saturated carbocycles. The first-order chi connectivity index (χ1) is 12.1. The summed E-state index contributed by atoms with van der Waals surface area (Å²) >= 11 is 0. The second-order valence-corrected chi connectivity index (χ2v) is 5.28. The Morgan fingerprint density at radius 2 is 1.44 bits per heavy atom. The third-order valence-electron chi connectivity index (χ3n) is 3.92. The lowest BCUT2D eigenvalue weighted by atomic mass is 10.1. The molecule has 2 aromatic carbocycles. The first-order valence-electron chi connectivity index (χ1n) is 7.56. The summed E-state index contributed by atoms with van der Waals surface area (Å²) in [6, 6.07) is 12.2. The van der Waals surface area contributed by atoms with Gasteiger partial charge in [-0.3, -0.25) is 9.59 Å². The van der Waals surface area contributed by atoms with E-state index in [1.165, 1.54) is 27.4 Å². The molecule has 3 rings (SSSR count). The number of carbonyl (C=O) groups excluding carboxylic acids is 2. The highest BCUT2D eigenvalue weighted by Gasteiger charge is 2.37. The normalized spacial score (nSPS) is 13.7. The molecule has 2 amide bonds. The maximum Gasteiger partial charge on any atom is 0.266 e. The number of imide groups is 1. The Hall–Kier alpha value is -3.28. The van der Waals surface area contributed by atoms with Crippen LogP contribution in [0, 0.1) is 0 Å². The van der Waals surface area contributed by atoms with E-state index in [-0.39, 0.29) is 5.69 Å². The van der Waals surface area contributed by atoms with E-state index in [0.717, 1.165) is 4.90 Å². The lowest BCUT2D eigenvalue weighted by Crippen LogP contribution is -2.31. The van der Waals surface area contributed by atoms with Crippen molar-refractivity contribution in [3.05, 3.63) is 54.1 Å². The van der Waals surface area contributed by atoms with Gasteiger partial charge in [-0.2, -0.15) is 0 Å². The molecule has 1 heterocycles. The number of anilines is 1. The highest BCUT2D eigenvalue weighted by atomic mass is 16.5. The zero-order valence-electron chi connectivity index (χ0n) is 14.1. The van der Waals surface area contributed by atoms with E-state index in [0.29, 0.717) is 28.4 Å². The van der Waals surface area contributed by atoms with Crippen LogP contribution in [0.2, 0.25) is 0 Å². The minimum atomic E-state index is -0.453. The van der Waals surface area contributed by atoms with Crippen molar-refractivity contribution in [2.75, 3.05) is 26.2 Å². The number of hydrogen-bond acceptors (Lipinski definition) is 5. The maximum atomic E-state index is 12.9. The number of amides is 2.